The van der Waals surface area contributed by atoms with Crippen LogP contribution in [0.4, 0.5) is 5.82 Å². The van der Waals surface area contributed by atoms with E-state index < -0.39 is 0 Å². The Bertz CT molecular complexity index is 641. The lowest BCUT2D eigenvalue weighted by atomic mass is 10.3. The predicted molar refractivity (Wildman–Crippen MR) is 77.4 cm³/mol. The maximum Gasteiger partial charge on any atom is 0.194 e. The van der Waals surface area contributed by atoms with E-state index in [0.717, 1.165) is 34.9 Å². The Morgan fingerprint density at radius 1 is 1.25 bits per heavy atom. The molecule has 2 heterocycles. The van der Waals surface area contributed by atoms with Gasteiger partial charge in [-0.25, -0.2) is 25.8 Å². The molecule has 0 spiro atoms. The van der Waals surface area contributed by atoms with Gasteiger partial charge in [0.25, 0.3) is 0 Å². The summed E-state index contributed by atoms with van der Waals surface area (Å²) in [6.07, 6.45) is 4.06. The first-order valence-corrected chi connectivity index (χ1v) is 7.31. The lowest BCUT2D eigenvalue weighted by Crippen LogP contribution is -2.13. The Labute approximate surface area is 121 Å². The molecule has 6 nitrogen and oxygen atoms in total. The highest BCUT2D eigenvalue weighted by atomic mass is 32.2. The van der Waals surface area contributed by atoms with Crippen LogP contribution in [-0.2, 0) is 0 Å². The van der Waals surface area contributed by atoms with Crippen LogP contribution in [0.5, 0.6) is 0 Å². The monoisotopic (exact) mass is 288 g/mol. The molecule has 2 aromatic heterocycles. The maximum absolute atomic E-state index is 5.55. The van der Waals surface area contributed by atoms with Crippen LogP contribution in [0.3, 0.4) is 0 Å². The van der Waals surface area contributed by atoms with Crippen molar-refractivity contribution in [3.63, 3.8) is 0 Å². The number of aryl methyl sites for hydroxylation is 1. The zero-order valence-corrected chi connectivity index (χ0v) is 12.2. The Hall–Kier alpha value is -1.73. The van der Waals surface area contributed by atoms with Crippen LogP contribution in [0.1, 0.15) is 35.8 Å². The Morgan fingerprint density at radius 3 is 2.70 bits per heavy atom. The highest BCUT2D eigenvalue weighted by Crippen LogP contribution is 2.40. The van der Waals surface area contributed by atoms with Gasteiger partial charge in [0.2, 0.25) is 0 Å². The molecule has 0 radical (unpaired) electrons. The zero-order valence-electron chi connectivity index (χ0n) is 11.4. The van der Waals surface area contributed by atoms with Gasteiger partial charge in [-0.15, -0.1) is 0 Å². The third kappa shape index (κ3) is 2.73. The highest BCUT2D eigenvalue weighted by Gasteiger charge is 2.28. The first kappa shape index (κ1) is 13.3. The van der Waals surface area contributed by atoms with Gasteiger partial charge in [0.15, 0.2) is 5.16 Å². The van der Waals surface area contributed by atoms with Crippen LogP contribution in [0.25, 0.3) is 0 Å². The van der Waals surface area contributed by atoms with Crippen LogP contribution >= 0.6 is 11.8 Å². The molecule has 2 aromatic rings. The molecule has 0 saturated heterocycles. The molecule has 104 valence electrons. The van der Waals surface area contributed by atoms with E-state index in [1.54, 1.807) is 6.20 Å². The number of hydrogen-bond acceptors (Lipinski definition) is 7. The molecule has 0 atom stereocenters. The number of nitrogens with two attached hydrogens (primary N) is 1. The van der Waals surface area contributed by atoms with Crippen LogP contribution in [0, 0.1) is 13.8 Å². The van der Waals surface area contributed by atoms with E-state index >= 15 is 0 Å². The van der Waals surface area contributed by atoms with Crippen molar-refractivity contribution >= 4 is 17.6 Å². The Balaban J connectivity index is 1.97. The summed E-state index contributed by atoms with van der Waals surface area (Å²) in [5.74, 6) is 7.56. The van der Waals surface area contributed by atoms with Crippen LogP contribution < -0.4 is 11.3 Å². The van der Waals surface area contributed by atoms with Crippen LogP contribution in [-0.4, -0.2) is 19.9 Å². The maximum atomic E-state index is 5.55. The summed E-state index contributed by atoms with van der Waals surface area (Å²) >= 11 is 1.45. The number of hydrazine groups is 1. The molecule has 3 N–H and O–H groups in total. The second-order valence-electron chi connectivity index (χ2n) is 4.86. The van der Waals surface area contributed by atoms with Crippen molar-refractivity contribution in [2.45, 2.75) is 42.8 Å². The Kier molecular flexibility index (Phi) is 3.54. The number of nitrogen functional groups attached to an aromatic ring is 1. The van der Waals surface area contributed by atoms with Crippen molar-refractivity contribution in [2.24, 2.45) is 5.84 Å². The smallest absolute Gasteiger partial charge is 0.194 e. The van der Waals surface area contributed by atoms with Gasteiger partial charge in [-0.2, -0.15) is 0 Å². The van der Waals surface area contributed by atoms with Crippen molar-refractivity contribution in [1.82, 2.24) is 19.9 Å². The summed E-state index contributed by atoms with van der Waals surface area (Å²) in [6.45, 7) is 3.89. The molecule has 0 bridgehead atoms. The topological polar surface area (TPSA) is 89.6 Å². The van der Waals surface area contributed by atoms with E-state index in [1.807, 2.05) is 19.9 Å². The van der Waals surface area contributed by atoms with Gasteiger partial charge in [0.05, 0.1) is 0 Å². The molecule has 0 aromatic carbocycles. The fourth-order valence-corrected chi connectivity index (χ4v) is 2.70. The van der Waals surface area contributed by atoms with Crippen LogP contribution in [0.15, 0.2) is 22.4 Å². The molecule has 3 rings (SSSR count). The lowest BCUT2D eigenvalue weighted by Gasteiger charge is -2.10. The predicted octanol–water partition coefficient (Wildman–Crippen LogP) is 2.20. The minimum atomic E-state index is 0.473. The van der Waals surface area contributed by atoms with E-state index in [0.29, 0.717) is 16.9 Å². The SMILES string of the molecule is Cc1ccnc(Sc2nc(C3CC3)nc(NN)c2C)n1. The second kappa shape index (κ2) is 5.34. The number of aromatic nitrogens is 4. The second-order valence-corrected chi connectivity index (χ2v) is 5.82. The van der Waals surface area contributed by atoms with E-state index in [-0.39, 0.29) is 0 Å². The molecule has 0 amide bonds. The molecule has 1 fully saturated rings. The van der Waals surface area contributed by atoms with Gasteiger partial charge >= 0.3 is 0 Å². The first-order valence-electron chi connectivity index (χ1n) is 6.50. The molecule has 1 saturated carbocycles. The van der Waals surface area contributed by atoms with Gasteiger partial charge in [-0.05, 0) is 44.5 Å². The molecular weight excluding hydrogens is 272 g/mol. The molecule has 1 aliphatic carbocycles. The Morgan fingerprint density at radius 2 is 2.05 bits per heavy atom. The van der Waals surface area contributed by atoms with E-state index in [4.69, 9.17) is 5.84 Å². The van der Waals surface area contributed by atoms with Crippen molar-refractivity contribution in [1.29, 1.82) is 0 Å². The summed E-state index contributed by atoms with van der Waals surface area (Å²) in [5, 5.41) is 1.55. The van der Waals surface area contributed by atoms with Gasteiger partial charge in [-0.1, -0.05) is 0 Å². The minimum Gasteiger partial charge on any atom is -0.308 e. The van der Waals surface area contributed by atoms with Gasteiger partial charge in [-0.3, -0.25) is 0 Å². The number of hydrogen-bond donors (Lipinski definition) is 2. The normalized spacial score (nSPS) is 14.3. The van der Waals surface area contributed by atoms with Gasteiger partial charge in [0, 0.05) is 23.4 Å². The fourth-order valence-electron chi connectivity index (χ4n) is 1.84. The summed E-state index contributed by atoms with van der Waals surface area (Å²) in [7, 11) is 0. The molecule has 20 heavy (non-hydrogen) atoms. The van der Waals surface area contributed by atoms with Gasteiger partial charge < -0.3 is 5.43 Å². The standard InChI is InChI=1S/C13H16N6S/c1-7-5-6-15-13(16-7)20-12-8(2)10(19-14)17-11(18-12)9-3-4-9/h5-6,9H,3-4,14H2,1-2H3,(H,17,18,19). The minimum absolute atomic E-state index is 0.473. The van der Waals surface area contributed by atoms with Crippen molar-refractivity contribution in [2.75, 3.05) is 5.43 Å². The molecular formula is C13H16N6S. The van der Waals surface area contributed by atoms with E-state index in [2.05, 4.69) is 25.4 Å². The van der Waals surface area contributed by atoms with Crippen molar-refractivity contribution in [3.05, 3.63) is 29.3 Å². The average molecular weight is 288 g/mol. The van der Waals surface area contributed by atoms with Gasteiger partial charge in [0.1, 0.15) is 16.7 Å². The first-order chi connectivity index (χ1) is 9.67. The average Bonchev–Trinajstić information content (AvgIpc) is 3.25. The number of nitrogens with one attached hydrogen (secondary N) is 1. The fraction of sp³-hybridized carbons (Fsp3) is 0.385. The van der Waals surface area contributed by atoms with Crippen molar-refractivity contribution < 1.29 is 0 Å². The van der Waals surface area contributed by atoms with E-state index in [9.17, 15) is 0 Å². The molecule has 0 aliphatic heterocycles. The zero-order chi connectivity index (χ0) is 14.1. The third-order valence-corrected chi connectivity index (χ3v) is 4.13. The van der Waals surface area contributed by atoms with Crippen molar-refractivity contribution in [3.8, 4) is 0 Å². The molecule has 7 heteroatoms. The number of anilines is 1. The quantitative estimate of drug-likeness (QED) is 0.386. The molecule has 0 unspecified atom stereocenters. The van der Waals surface area contributed by atoms with Crippen LogP contribution in [0.2, 0.25) is 0 Å². The third-order valence-electron chi connectivity index (χ3n) is 3.16. The largest absolute Gasteiger partial charge is 0.308 e. The van der Waals surface area contributed by atoms with E-state index in [1.165, 1.54) is 11.8 Å². The summed E-state index contributed by atoms with van der Waals surface area (Å²) in [4.78, 5) is 17.8. The molecule has 1 aliphatic rings. The summed E-state index contributed by atoms with van der Waals surface area (Å²) in [6, 6.07) is 1.87. The number of nitrogens with zero attached hydrogens (tertiary/aromatic N) is 4. The highest BCUT2D eigenvalue weighted by molar-refractivity contribution is 7.99. The number of rotatable bonds is 4. The lowest BCUT2D eigenvalue weighted by molar-refractivity contribution is 0.855. The summed E-state index contributed by atoms with van der Waals surface area (Å²) in [5.41, 5.74) is 4.51. The summed E-state index contributed by atoms with van der Waals surface area (Å²) < 4.78 is 0.